The van der Waals surface area contributed by atoms with E-state index >= 15 is 0 Å². The van der Waals surface area contributed by atoms with Gasteiger partial charge in [-0.3, -0.25) is 0 Å². The van der Waals surface area contributed by atoms with E-state index in [1.807, 2.05) is 31.2 Å². The maximum Gasteiger partial charge on any atom is 0.128 e. The molecule has 1 aromatic rings. The van der Waals surface area contributed by atoms with Crippen molar-refractivity contribution >= 4 is 0 Å². The molecule has 112 valence electrons. The van der Waals surface area contributed by atoms with E-state index in [0.717, 1.165) is 30.9 Å². The molecule has 3 unspecified atom stereocenters. The summed E-state index contributed by atoms with van der Waals surface area (Å²) in [6.07, 6.45) is 2.38. The third kappa shape index (κ3) is 3.64. The number of methoxy groups -OCH3 is 1. The third-order valence-electron chi connectivity index (χ3n) is 3.59. The Morgan fingerprint density at radius 1 is 1.25 bits per heavy atom. The zero-order valence-electron chi connectivity index (χ0n) is 12.6. The van der Waals surface area contributed by atoms with Crippen molar-refractivity contribution in [2.24, 2.45) is 0 Å². The van der Waals surface area contributed by atoms with Crippen molar-refractivity contribution < 1.29 is 14.2 Å². The Bertz CT molecular complexity index is 410. The number of rotatable bonds is 8. The highest BCUT2D eigenvalue weighted by atomic mass is 16.5. The summed E-state index contributed by atoms with van der Waals surface area (Å²) in [6, 6.07) is 8.13. The van der Waals surface area contributed by atoms with Gasteiger partial charge in [0.1, 0.15) is 23.7 Å². The fourth-order valence-electron chi connectivity index (χ4n) is 2.49. The molecule has 0 radical (unpaired) electrons. The van der Waals surface area contributed by atoms with Crippen molar-refractivity contribution in [2.75, 3.05) is 20.3 Å². The first-order chi connectivity index (χ1) is 9.78. The van der Waals surface area contributed by atoms with E-state index in [2.05, 4.69) is 12.2 Å². The van der Waals surface area contributed by atoms with Gasteiger partial charge in [0.15, 0.2) is 0 Å². The van der Waals surface area contributed by atoms with Crippen molar-refractivity contribution in [1.82, 2.24) is 5.32 Å². The second kappa shape index (κ2) is 7.50. The number of benzene rings is 1. The topological polar surface area (TPSA) is 39.7 Å². The number of ether oxygens (including phenoxy) is 3. The van der Waals surface area contributed by atoms with Crippen molar-refractivity contribution in [2.45, 2.75) is 44.9 Å². The van der Waals surface area contributed by atoms with Gasteiger partial charge in [0.25, 0.3) is 0 Å². The van der Waals surface area contributed by atoms with E-state index in [1.54, 1.807) is 7.11 Å². The molecule has 0 bridgehead atoms. The Labute approximate surface area is 121 Å². The Morgan fingerprint density at radius 2 is 2.05 bits per heavy atom. The maximum absolute atomic E-state index is 6.02. The largest absolute Gasteiger partial charge is 0.497 e. The van der Waals surface area contributed by atoms with Crippen LogP contribution in [0.4, 0.5) is 0 Å². The molecule has 2 rings (SSSR count). The Morgan fingerprint density at radius 3 is 2.75 bits per heavy atom. The van der Waals surface area contributed by atoms with Gasteiger partial charge in [-0.2, -0.15) is 0 Å². The van der Waals surface area contributed by atoms with Gasteiger partial charge >= 0.3 is 0 Å². The molecule has 0 heterocycles. The first kappa shape index (κ1) is 15.1. The van der Waals surface area contributed by atoms with E-state index < -0.39 is 0 Å². The van der Waals surface area contributed by atoms with Crippen LogP contribution in [0, 0.1) is 0 Å². The summed E-state index contributed by atoms with van der Waals surface area (Å²) in [7, 11) is 1.66. The normalized spacial score (nSPS) is 25.1. The molecule has 0 aromatic heterocycles. The molecular formula is C16H25NO3. The molecule has 4 nitrogen and oxygen atoms in total. The molecule has 0 aliphatic heterocycles. The van der Waals surface area contributed by atoms with Gasteiger partial charge in [0.05, 0.1) is 7.11 Å². The van der Waals surface area contributed by atoms with Crippen LogP contribution in [-0.2, 0) is 4.74 Å². The molecular weight excluding hydrogens is 254 g/mol. The summed E-state index contributed by atoms with van der Waals surface area (Å²) in [5, 5.41) is 3.51. The molecule has 0 spiro atoms. The second-order valence-corrected chi connectivity index (χ2v) is 5.05. The number of hydrogen-bond donors (Lipinski definition) is 1. The zero-order valence-corrected chi connectivity index (χ0v) is 12.6. The molecule has 1 saturated carbocycles. The molecule has 20 heavy (non-hydrogen) atoms. The molecule has 1 aliphatic rings. The van der Waals surface area contributed by atoms with Crippen LogP contribution in [0.25, 0.3) is 0 Å². The predicted octanol–water partition coefficient (Wildman–Crippen LogP) is 2.62. The zero-order chi connectivity index (χ0) is 14.4. The highest BCUT2D eigenvalue weighted by Gasteiger charge is 2.43. The molecule has 1 aromatic carbocycles. The first-order valence-corrected chi connectivity index (χ1v) is 7.44. The molecule has 1 aliphatic carbocycles. The minimum Gasteiger partial charge on any atom is -0.497 e. The van der Waals surface area contributed by atoms with Crippen LogP contribution in [0.15, 0.2) is 24.3 Å². The van der Waals surface area contributed by atoms with Crippen LogP contribution in [0.2, 0.25) is 0 Å². The summed E-state index contributed by atoms with van der Waals surface area (Å²) < 4.78 is 17.0. The lowest BCUT2D eigenvalue weighted by Crippen LogP contribution is -2.61. The lowest BCUT2D eigenvalue weighted by atomic mass is 9.85. The molecule has 0 amide bonds. The van der Waals surface area contributed by atoms with Gasteiger partial charge in [-0.05, 0) is 32.0 Å². The maximum atomic E-state index is 6.02. The molecule has 1 N–H and O–H groups in total. The number of hydrogen-bond acceptors (Lipinski definition) is 4. The monoisotopic (exact) mass is 279 g/mol. The Hall–Kier alpha value is -1.26. The third-order valence-corrected chi connectivity index (χ3v) is 3.59. The second-order valence-electron chi connectivity index (χ2n) is 5.05. The first-order valence-electron chi connectivity index (χ1n) is 7.44. The summed E-state index contributed by atoms with van der Waals surface area (Å²) in [6.45, 7) is 5.94. The Balaban J connectivity index is 1.91. The lowest BCUT2D eigenvalue weighted by molar-refractivity contribution is -0.104. The lowest BCUT2D eigenvalue weighted by Gasteiger charge is -2.44. The van der Waals surface area contributed by atoms with Crippen LogP contribution < -0.4 is 14.8 Å². The fraction of sp³-hybridized carbons (Fsp3) is 0.625. The van der Waals surface area contributed by atoms with Gasteiger partial charge in [-0.25, -0.2) is 0 Å². The average molecular weight is 279 g/mol. The van der Waals surface area contributed by atoms with Crippen molar-refractivity contribution in [3.8, 4) is 11.5 Å². The quantitative estimate of drug-likeness (QED) is 0.794. The van der Waals surface area contributed by atoms with E-state index in [4.69, 9.17) is 14.2 Å². The molecule has 1 fully saturated rings. The van der Waals surface area contributed by atoms with Crippen LogP contribution >= 0.6 is 0 Å². The van der Waals surface area contributed by atoms with Crippen molar-refractivity contribution in [3.63, 3.8) is 0 Å². The molecule has 4 heteroatoms. The number of nitrogens with one attached hydrogen (secondary N) is 1. The van der Waals surface area contributed by atoms with Gasteiger partial charge < -0.3 is 19.5 Å². The minimum atomic E-state index is 0.122. The molecule has 3 atom stereocenters. The van der Waals surface area contributed by atoms with E-state index in [9.17, 15) is 0 Å². The summed E-state index contributed by atoms with van der Waals surface area (Å²) in [5.74, 6) is 1.66. The Kier molecular flexibility index (Phi) is 5.68. The minimum absolute atomic E-state index is 0.122. The molecule has 0 saturated heterocycles. The highest BCUT2D eigenvalue weighted by Crippen LogP contribution is 2.30. The highest BCUT2D eigenvalue weighted by molar-refractivity contribution is 5.33. The fourth-order valence-corrected chi connectivity index (χ4v) is 2.49. The van der Waals surface area contributed by atoms with Crippen LogP contribution in [0.5, 0.6) is 11.5 Å². The summed E-state index contributed by atoms with van der Waals surface area (Å²) >= 11 is 0. The van der Waals surface area contributed by atoms with Crippen molar-refractivity contribution in [3.05, 3.63) is 24.3 Å². The van der Waals surface area contributed by atoms with Gasteiger partial charge in [-0.1, -0.05) is 13.0 Å². The predicted molar refractivity (Wildman–Crippen MR) is 79.5 cm³/mol. The van der Waals surface area contributed by atoms with E-state index in [1.165, 1.54) is 0 Å². The summed E-state index contributed by atoms with van der Waals surface area (Å²) in [5.41, 5.74) is 0. The summed E-state index contributed by atoms with van der Waals surface area (Å²) in [4.78, 5) is 0. The van der Waals surface area contributed by atoms with Gasteiger partial charge in [0, 0.05) is 25.1 Å². The van der Waals surface area contributed by atoms with E-state index in [-0.39, 0.29) is 12.2 Å². The van der Waals surface area contributed by atoms with Gasteiger partial charge in [0.2, 0.25) is 0 Å². The van der Waals surface area contributed by atoms with Crippen LogP contribution in [0.1, 0.15) is 26.7 Å². The van der Waals surface area contributed by atoms with Crippen LogP contribution in [-0.4, -0.2) is 38.5 Å². The van der Waals surface area contributed by atoms with Crippen LogP contribution in [0.3, 0.4) is 0 Å². The smallest absolute Gasteiger partial charge is 0.128 e. The average Bonchev–Trinajstić information content (AvgIpc) is 2.48. The SMILES string of the molecule is CCCNC1CC(Oc2cccc(OC)c2)C1OCC. The standard InChI is InChI=1S/C16H25NO3/c1-4-9-17-14-11-15(16(14)19-5-2)20-13-8-6-7-12(10-13)18-3/h6-8,10,14-17H,4-5,9,11H2,1-3H3. The van der Waals surface area contributed by atoms with Gasteiger partial charge in [-0.15, -0.1) is 0 Å². The van der Waals surface area contributed by atoms with Crippen molar-refractivity contribution in [1.29, 1.82) is 0 Å². The van der Waals surface area contributed by atoms with E-state index in [0.29, 0.717) is 12.6 Å².